The Kier molecular flexibility index (Phi) is 6.19. The Hall–Kier alpha value is -3.83. The molecule has 2 aromatic carbocycles. The molecule has 0 bridgehead atoms. The van der Waals surface area contributed by atoms with Crippen LogP contribution in [0.5, 0.6) is 0 Å². The molecule has 3 heterocycles. The quantitative estimate of drug-likeness (QED) is 0.378. The fraction of sp³-hybridized carbons (Fsp3) is 0.200. The highest BCUT2D eigenvalue weighted by Crippen LogP contribution is 2.31. The Morgan fingerprint density at radius 2 is 1.94 bits per heavy atom. The number of halogens is 2. The summed E-state index contributed by atoms with van der Waals surface area (Å²) in [5.41, 5.74) is 2.91. The Labute approximate surface area is 205 Å². The lowest BCUT2D eigenvalue weighted by Crippen LogP contribution is -2.24. The minimum absolute atomic E-state index is 0.100. The van der Waals surface area contributed by atoms with Crippen LogP contribution in [-0.2, 0) is 10.0 Å². The Balaban J connectivity index is 1.57. The average Bonchev–Trinajstić information content (AvgIpc) is 3.18. The molecule has 8 nitrogen and oxygen atoms in total. The molecule has 2 N–H and O–H groups in total. The van der Waals surface area contributed by atoms with Gasteiger partial charge in [-0.05, 0) is 48.7 Å². The van der Waals surface area contributed by atoms with Gasteiger partial charge >= 0.3 is 5.76 Å². The Bertz CT molecular complexity index is 1660. The van der Waals surface area contributed by atoms with E-state index in [9.17, 15) is 17.6 Å². The van der Waals surface area contributed by atoms with Gasteiger partial charge in [0.05, 0.1) is 11.6 Å². The first kappa shape index (κ1) is 23.9. The molecule has 36 heavy (non-hydrogen) atoms. The molecule has 5 rings (SSSR count). The van der Waals surface area contributed by atoms with Crippen molar-refractivity contribution in [3.8, 4) is 0 Å². The van der Waals surface area contributed by atoms with Crippen LogP contribution in [0.1, 0.15) is 30.5 Å². The Morgan fingerprint density at radius 1 is 1.14 bits per heavy atom. The molecule has 2 aromatic heterocycles. The first-order valence-electron chi connectivity index (χ1n) is 11.2. The van der Waals surface area contributed by atoms with Crippen LogP contribution in [0, 0.1) is 11.8 Å². The van der Waals surface area contributed by atoms with Gasteiger partial charge in [0, 0.05) is 18.7 Å². The fourth-order valence-electron chi connectivity index (χ4n) is 4.41. The molecule has 0 spiro atoms. The number of aromatic nitrogens is 2. The summed E-state index contributed by atoms with van der Waals surface area (Å²) in [7, 11) is -4.49. The molecule has 4 aromatic rings. The maximum Gasteiger partial charge on any atom is 0.420 e. The first-order valence-corrected chi connectivity index (χ1v) is 12.7. The third-order valence-electron chi connectivity index (χ3n) is 6.08. The highest BCUT2D eigenvalue weighted by atomic mass is 32.2. The van der Waals surface area contributed by atoms with Crippen LogP contribution in [-0.4, -0.2) is 31.1 Å². The largest absolute Gasteiger partial charge is 0.420 e. The van der Waals surface area contributed by atoms with Crippen molar-refractivity contribution in [3.05, 3.63) is 94.1 Å². The number of pyridine rings is 1. The van der Waals surface area contributed by atoms with Crippen LogP contribution in [0.25, 0.3) is 16.7 Å². The van der Waals surface area contributed by atoms with Crippen molar-refractivity contribution in [2.45, 2.75) is 24.3 Å². The number of hydrogen-bond donors (Lipinski definition) is 2. The van der Waals surface area contributed by atoms with Gasteiger partial charge in [-0.2, -0.15) is 4.39 Å². The minimum Gasteiger partial charge on any atom is -0.408 e. The molecule has 0 unspecified atom stereocenters. The average molecular weight is 513 g/mol. The van der Waals surface area contributed by atoms with Gasteiger partial charge in [0.2, 0.25) is 5.95 Å². The zero-order chi connectivity index (χ0) is 25.4. The number of anilines is 1. The highest BCUT2D eigenvalue weighted by molar-refractivity contribution is 7.92. The van der Waals surface area contributed by atoms with Gasteiger partial charge in [-0.25, -0.2) is 22.6 Å². The molecule has 0 saturated carbocycles. The van der Waals surface area contributed by atoms with Crippen molar-refractivity contribution in [3.63, 3.8) is 0 Å². The van der Waals surface area contributed by atoms with Crippen molar-refractivity contribution in [1.29, 1.82) is 0 Å². The number of rotatable bonds is 6. The second kappa shape index (κ2) is 9.32. The summed E-state index contributed by atoms with van der Waals surface area (Å²) in [6.45, 7) is 3.38. The van der Waals surface area contributed by atoms with Crippen molar-refractivity contribution >= 4 is 32.5 Å². The van der Waals surface area contributed by atoms with Crippen LogP contribution in [0.4, 0.5) is 14.6 Å². The van der Waals surface area contributed by atoms with Crippen LogP contribution < -0.4 is 15.8 Å². The number of nitrogens with one attached hydrogen (secondary N) is 2. The Morgan fingerprint density at radius 3 is 2.69 bits per heavy atom. The molecule has 0 aliphatic carbocycles. The van der Waals surface area contributed by atoms with Crippen LogP contribution in [0.3, 0.4) is 0 Å². The SMILES string of the molecule is C[C@H](c1ccccc1C1=CCCNC1)n1c(=O)oc2cc(S(=O)(=O)Nc3cccc(F)n3)c(F)cc21. The van der Waals surface area contributed by atoms with E-state index in [-0.39, 0.29) is 16.9 Å². The van der Waals surface area contributed by atoms with E-state index >= 15 is 4.39 Å². The summed E-state index contributed by atoms with van der Waals surface area (Å²) in [6, 6.07) is 12.5. The molecule has 0 saturated heterocycles. The van der Waals surface area contributed by atoms with Crippen molar-refractivity contribution in [2.75, 3.05) is 17.8 Å². The van der Waals surface area contributed by atoms with Crippen molar-refractivity contribution in [2.24, 2.45) is 0 Å². The van der Waals surface area contributed by atoms with E-state index in [0.29, 0.717) is 6.54 Å². The topological polar surface area (TPSA) is 106 Å². The normalized spacial score (nSPS) is 15.0. The maximum absolute atomic E-state index is 15.1. The van der Waals surface area contributed by atoms with E-state index < -0.39 is 38.5 Å². The third-order valence-corrected chi connectivity index (χ3v) is 7.45. The van der Waals surface area contributed by atoms with E-state index in [2.05, 4.69) is 16.4 Å². The van der Waals surface area contributed by atoms with Gasteiger partial charge in [-0.1, -0.05) is 36.4 Å². The summed E-state index contributed by atoms with van der Waals surface area (Å²) >= 11 is 0. The minimum atomic E-state index is -4.49. The van der Waals surface area contributed by atoms with Crippen LogP contribution in [0.2, 0.25) is 0 Å². The van der Waals surface area contributed by atoms with Crippen molar-refractivity contribution < 1.29 is 21.6 Å². The zero-order valence-electron chi connectivity index (χ0n) is 19.2. The summed E-state index contributed by atoms with van der Waals surface area (Å²) in [5.74, 6) is -3.06. The predicted octanol–water partition coefficient (Wildman–Crippen LogP) is 4.05. The molecule has 0 fully saturated rings. The number of nitrogens with zero attached hydrogens (tertiary/aromatic N) is 2. The molecule has 11 heteroatoms. The maximum atomic E-state index is 15.1. The van der Waals surface area contributed by atoms with Gasteiger partial charge in [-0.3, -0.25) is 9.29 Å². The van der Waals surface area contributed by atoms with E-state index in [0.717, 1.165) is 47.9 Å². The molecule has 0 radical (unpaired) electrons. The summed E-state index contributed by atoms with van der Waals surface area (Å²) in [4.78, 5) is 15.5. The molecule has 1 atom stereocenters. The summed E-state index contributed by atoms with van der Waals surface area (Å²) < 4.78 is 62.7. The van der Waals surface area contributed by atoms with Crippen LogP contribution >= 0.6 is 0 Å². The first-order chi connectivity index (χ1) is 17.2. The van der Waals surface area contributed by atoms with E-state index in [1.165, 1.54) is 16.7 Å². The fourth-order valence-corrected chi connectivity index (χ4v) is 5.48. The predicted molar refractivity (Wildman–Crippen MR) is 131 cm³/mol. The highest BCUT2D eigenvalue weighted by Gasteiger charge is 2.26. The summed E-state index contributed by atoms with van der Waals surface area (Å²) in [6.07, 6.45) is 3.03. The number of oxazole rings is 1. The van der Waals surface area contributed by atoms with Crippen LogP contribution in [0.15, 0.2) is 74.8 Å². The zero-order valence-corrected chi connectivity index (χ0v) is 20.0. The van der Waals surface area contributed by atoms with Gasteiger partial charge in [0.25, 0.3) is 10.0 Å². The smallest absolute Gasteiger partial charge is 0.408 e. The second-order valence-electron chi connectivity index (χ2n) is 8.40. The van der Waals surface area contributed by atoms with Gasteiger partial charge < -0.3 is 9.73 Å². The third kappa shape index (κ3) is 4.42. The second-order valence-corrected chi connectivity index (χ2v) is 10.0. The van der Waals surface area contributed by atoms with E-state index in [1.54, 1.807) is 6.92 Å². The lowest BCUT2D eigenvalue weighted by molar-refractivity contribution is 0.489. The standard InChI is InChI=1S/C25H22F2N4O4S/c1-15(17-7-2-3-8-18(17)16-6-5-11-28-14-16)31-20-12-19(26)22(13-21(20)35-25(31)32)36(33,34)30-24-10-4-9-23(27)29-24/h2-4,6-10,12-13,15,28H,5,11,14H2,1H3,(H,29,30)/t15-/m1/s1. The van der Waals surface area contributed by atoms with Crippen molar-refractivity contribution in [1.82, 2.24) is 14.9 Å². The number of benzene rings is 2. The van der Waals surface area contributed by atoms with Gasteiger partial charge in [0.15, 0.2) is 5.58 Å². The van der Waals surface area contributed by atoms with Gasteiger partial charge in [-0.15, -0.1) is 0 Å². The molecule has 1 aliphatic heterocycles. The van der Waals surface area contributed by atoms with Gasteiger partial charge in [0.1, 0.15) is 16.5 Å². The lowest BCUT2D eigenvalue weighted by Gasteiger charge is -2.21. The number of hydrogen-bond acceptors (Lipinski definition) is 6. The number of sulfonamides is 1. The monoisotopic (exact) mass is 512 g/mol. The summed E-state index contributed by atoms with van der Waals surface area (Å²) in [5, 5.41) is 3.33. The van der Waals surface area contributed by atoms with E-state index in [4.69, 9.17) is 4.42 Å². The lowest BCUT2D eigenvalue weighted by atomic mass is 9.93. The molecule has 186 valence electrons. The number of fused-ring (bicyclic) bond motifs is 1. The molecule has 0 amide bonds. The molecular formula is C25H22F2N4O4S. The molecule has 1 aliphatic rings. The van der Waals surface area contributed by atoms with E-state index in [1.807, 2.05) is 29.0 Å². The molecular weight excluding hydrogens is 490 g/mol.